The van der Waals surface area contributed by atoms with E-state index in [0.29, 0.717) is 6.54 Å². The van der Waals surface area contributed by atoms with Crippen molar-refractivity contribution in [3.63, 3.8) is 0 Å². The molecule has 1 heterocycles. The molecule has 1 amide bonds. The molecule has 0 aliphatic carbocycles. The number of aryl methyl sites for hydroxylation is 1. The lowest BCUT2D eigenvalue weighted by Crippen LogP contribution is -2.36. The molecule has 3 N–H and O–H groups in total. The van der Waals surface area contributed by atoms with Crippen molar-refractivity contribution in [2.45, 2.75) is 26.3 Å². The van der Waals surface area contributed by atoms with Crippen LogP contribution in [0.15, 0.2) is 35.7 Å². The van der Waals surface area contributed by atoms with Gasteiger partial charge in [0, 0.05) is 30.1 Å². The Balaban J connectivity index is 1.82. The number of carbonyl (C=O) groups excluding carboxylic acids is 1. The lowest BCUT2D eigenvalue weighted by molar-refractivity contribution is -0.125. The van der Waals surface area contributed by atoms with Gasteiger partial charge in [0.1, 0.15) is 0 Å². The summed E-state index contributed by atoms with van der Waals surface area (Å²) in [5, 5.41) is 6.01. The topological polar surface area (TPSA) is 68.0 Å². The third-order valence-electron chi connectivity index (χ3n) is 3.44. The molecule has 1 aromatic carbocycles. The van der Waals surface area contributed by atoms with Gasteiger partial charge < -0.3 is 11.1 Å². The van der Waals surface area contributed by atoms with Crippen molar-refractivity contribution in [3.8, 4) is 0 Å². The third-order valence-corrected chi connectivity index (χ3v) is 4.47. The van der Waals surface area contributed by atoms with E-state index in [1.165, 1.54) is 0 Å². The van der Waals surface area contributed by atoms with E-state index >= 15 is 0 Å². The van der Waals surface area contributed by atoms with Crippen LogP contribution in [0.2, 0.25) is 0 Å². The first kappa shape index (κ1) is 15.7. The zero-order valence-corrected chi connectivity index (χ0v) is 13.2. The van der Waals surface area contributed by atoms with E-state index in [9.17, 15) is 4.79 Å². The maximum atomic E-state index is 12.1. The first-order valence-electron chi connectivity index (χ1n) is 7.07. The summed E-state index contributed by atoms with van der Waals surface area (Å²) < 4.78 is 0. The second-order valence-corrected chi connectivity index (χ2v) is 6.09. The molecule has 2 rings (SSSR count). The van der Waals surface area contributed by atoms with Crippen LogP contribution >= 0.6 is 11.3 Å². The second-order valence-electron chi connectivity index (χ2n) is 5.15. The molecule has 4 nitrogen and oxygen atoms in total. The minimum absolute atomic E-state index is 0.0142. The SMILES string of the molecule is Cc1csc(CCNC(=O)C(C)C(N)c2ccccc2)n1. The summed E-state index contributed by atoms with van der Waals surface area (Å²) in [6.07, 6.45) is 0.761. The van der Waals surface area contributed by atoms with Crippen molar-refractivity contribution in [2.24, 2.45) is 11.7 Å². The van der Waals surface area contributed by atoms with Crippen LogP contribution in [0, 0.1) is 12.8 Å². The zero-order chi connectivity index (χ0) is 15.2. The molecule has 0 radical (unpaired) electrons. The molecule has 0 fully saturated rings. The van der Waals surface area contributed by atoms with Crippen molar-refractivity contribution in [1.82, 2.24) is 10.3 Å². The molecular formula is C16H21N3OS. The van der Waals surface area contributed by atoms with Gasteiger partial charge in [-0.2, -0.15) is 0 Å². The lowest BCUT2D eigenvalue weighted by Gasteiger charge is -2.19. The van der Waals surface area contributed by atoms with E-state index in [2.05, 4.69) is 10.3 Å². The van der Waals surface area contributed by atoms with Crippen LogP contribution < -0.4 is 11.1 Å². The molecule has 2 atom stereocenters. The molecule has 0 aliphatic heterocycles. The Kier molecular flexibility index (Phi) is 5.47. The molecule has 5 heteroatoms. The van der Waals surface area contributed by atoms with Gasteiger partial charge in [-0.3, -0.25) is 4.79 Å². The van der Waals surface area contributed by atoms with Crippen molar-refractivity contribution >= 4 is 17.2 Å². The monoisotopic (exact) mass is 303 g/mol. The van der Waals surface area contributed by atoms with Crippen LogP contribution in [0.3, 0.4) is 0 Å². The van der Waals surface area contributed by atoms with Gasteiger partial charge in [0.05, 0.1) is 10.9 Å². The molecule has 0 aliphatic rings. The van der Waals surface area contributed by atoms with Gasteiger partial charge >= 0.3 is 0 Å². The summed E-state index contributed by atoms with van der Waals surface area (Å²) in [5.74, 6) is -0.273. The van der Waals surface area contributed by atoms with Crippen molar-refractivity contribution in [3.05, 3.63) is 52.0 Å². The smallest absolute Gasteiger partial charge is 0.224 e. The Morgan fingerprint density at radius 1 is 1.38 bits per heavy atom. The fourth-order valence-corrected chi connectivity index (χ4v) is 2.87. The summed E-state index contributed by atoms with van der Waals surface area (Å²) in [6, 6.07) is 9.43. The summed E-state index contributed by atoms with van der Waals surface area (Å²) in [4.78, 5) is 16.5. The highest BCUT2D eigenvalue weighted by Crippen LogP contribution is 2.19. The Bertz CT molecular complexity index is 582. The van der Waals surface area contributed by atoms with E-state index in [-0.39, 0.29) is 17.9 Å². The van der Waals surface area contributed by atoms with Crippen molar-refractivity contribution in [1.29, 1.82) is 0 Å². The van der Waals surface area contributed by atoms with Gasteiger partial charge in [-0.1, -0.05) is 37.3 Å². The van der Waals surface area contributed by atoms with E-state index in [0.717, 1.165) is 22.7 Å². The number of hydrogen-bond acceptors (Lipinski definition) is 4. The molecule has 0 bridgehead atoms. The van der Waals surface area contributed by atoms with Crippen LogP contribution in [0.4, 0.5) is 0 Å². The summed E-state index contributed by atoms with van der Waals surface area (Å²) in [7, 11) is 0. The number of aromatic nitrogens is 1. The summed E-state index contributed by atoms with van der Waals surface area (Å²) in [5.41, 5.74) is 8.17. The molecule has 21 heavy (non-hydrogen) atoms. The standard InChI is InChI=1S/C16H21N3OS/c1-11-10-21-14(19-11)8-9-18-16(20)12(2)15(17)13-6-4-3-5-7-13/h3-7,10,12,15H,8-9,17H2,1-2H3,(H,18,20). The van der Waals surface area contributed by atoms with Gasteiger partial charge in [0.2, 0.25) is 5.91 Å². The minimum atomic E-state index is -0.284. The van der Waals surface area contributed by atoms with Gasteiger partial charge in [0.15, 0.2) is 0 Å². The molecular weight excluding hydrogens is 282 g/mol. The number of thiazole rings is 1. The Labute approximate surface area is 129 Å². The number of benzene rings is 1. The van der Waals surface area contributed by atoms with E-state index in [1.807, 2.05) is 49.6 Å². The predicted molar refractivity (Wildman–Crippen MR) is 86.1 cm³/mol. The fraction of sp³-hybridized carbons (Fsp3) is 0.375. The largest absolute Gasteiger partial charge is 0.355 e. The minimum Gasteiger partial charge on any atom is -0.355 e. The van der Waals surface area contributed by atoms with Gasteiger partial charge in [-0.15, -0.1) is 11.3 Å². The number of nitrogens with zero attached hydrogens (tertiary/aromatic N) is 1. The first-order chi connectivity index (χ1) is 10.1. The number of nitrogens with one attached hydrogen (secondary N) is 1. The Morgan fingerprint density at radius 2 is 2.10 bits per heavy atom. The number of amides is 1. The Morgan fingerprint density at radius 3 is 2.71 bits per heavy atom. The van der Waals surface area contributed by atoms with Crippen LogP contribution in [-0.4, -0.2) is 17.4 Å². The van der Waals surface area contributed by atoms with E-state index < -0.39 is 0 Å². The highest BCUT2D eigenvalue weighted by molar-refractivity contribution is 7.09. The number of nitrogens with two attached hydrogens (primary N) is 1. The van der Waals surface area contributed by atoms with Gasteiger partial charge in [0.25, 0.3) is 0 Å². The van der Waals surface area contributed by atoms with Crippen molar-refractivity contribution in [2.75, 3.05) is 6.54 Å². The zero-order valence-electron chi connectivity index (χ0n) is 12.4. The van der Waals surface area contributed by atoms with Gasteiger partial charge in [-0.05, 0) is 12.5 Å². The first-order valence-corrected chi connectivity index (χ1v) is 7.95. The van der Waals surface area contributed by atoms with Crippen LogP contribution in [0.1, 0.15) is 29.2 Å². The van der Waals surface area contributed by atoms with Crippen LogP contribution in [0.25, 0.3) is 0 Å². The predicted octanol–water partition coefficient (Wildman–Crippen LogP) is 2.45. The van der Waals surface area contributed by atoms with Crippen molar-refractivity contribution < 1.29 is 4.79 Å². The van der Waals surface area contributed by atoms with Crippen LogP contribution in [0.5, 0.6) is 0 Å². The average Bonchev–Trinajstić information content (AvgIpc) is 2.92. The number of carbonyl (C=O) groups is 1. The lowest BCUT2D eigenvalue weighted by atomic mass is 9.95. The number of hydrogen-bond donors (Lipinski definition) is 2. The summed E-state index contributed by atoms with van der Waals surface area (Å²) >= 11 is 1.63. The molecule has 112 valence electrons. The van der Waals surface area contributed by atoms with E-state index in [1.54, 1.807) is 11.3 Å². The molecule has 0 saturated heterocycles. The molecule has 2 aromatic rings. The number of rotatable bonds is 6. The maximum Gasteiger partial charge on any atom is 0.224 e. The molecule has 2 unspecified atom stereocenters. The van der Waals surface area contributed by atoms with Crippen LogP contribution in [-0.2, 0) is 11.2 Å². The second kappa shape index (κ2) is 7.33. The maximum absolute atomic E-state index is 12.1. The fourth-order valence-electron chi connectivity index (χ4n) is 2.10. The van der Waals surface area contributed by atoms with Gasteiger partial charge in [-0.25, -0.2) is 4.98 Å². The third kappa shape index (κ3) is 4.37. The molecule has 0 spiro atoms. The molecule has 0 saturated carbocycles. The highest BCUT2D eigenvalue weighted by atomic mass is 32.1. The normalized spacial score (nSPS) is 13.7. The molecule has 1 aromatic heterocycles. The highest BCUT2D eigenvalue weighted by Gasteiger charge is 2.21. The average molecular weight is 303 g/mol. The quantitative estimate of drug-likeness (QED) is 0.861. The van der Waals surface area contributed by atoms with E-state index in [4.69, 9.17) is 5.73 Å². The Hall–Kier alpha value is -1.72. The summed E-state index contributed by atoms with van der Waals surface area (Å²) in [6.45, 7) is 4.43.